The zero-order chi connectivity index (χ0) is 9.80. The van der Waals surface area contributed by atoms with Crippen LogP contribution in [0.15, 0.2) is 0 Å². The van der Waals surface area contributed by atoms with Crippen LogP contribution in [-0.4, -0.2) is 18.5 Å². The van der Waals surface area contributed by atoms with Gasteiger partial charge in [0.15, 0.2) is 0 Å². The highest BCUT2D eigenvalue weighted by molar-refractivity contribution is 5.81. The van der Waals surface area contributed by atoms with Crippen molar-refractivity contribution in [1.82, 2.24) is 0 Å². The lowest BCUT2D eigenvalue weighted by Crippen LogP contribution is -2.25. The van der Waals surface area contributed by atoms with Gasteiger partial charge in [-0.25, -0.2) is 0 Å². The second-order valence-corrected chi connectivity index (χ2v) is 4.64. The summed E-state index contributed by atoms with van der Waals surface area (Å²) in [7, 11) is 0. The van der Waals surface area contributed by atoms with Crippen molar-refractivity contribution < 1.29 is 9.53 Å². The summed E-state index contributed by atoms with van der Waals surface area (Å²) in [6.07, 6.45) is 9.21. The fourth-order valence-electron chi connectivity index (χ4n) is 2.61. The summed E-state index contributed by atoms with van der Waals surface area (Å²) in [6, 6.07) is 0. The molecule has 1 unspecified atom stereocenters. The van der Waals surface area contributed by atoms with Crippen molar-refractivity contribution in [1.29, 1.82) is 0 Å². The molecular formula is C12H20O2. The number of hydrogen-bond donors (Lipinski definition) is 0. The van der Waals surface area contributed by atoms with Crippen molar-refractivity contribution in [3.63, 3.8) is 0 Å². The lowest BCUT2D eigenvalue weighted by molar-refractivity contribution is -0.126. The molecule has 0 N–H and O–H groups in total. The van der Waals surface area contributed by atoms with Crippen LogP contribution in [0.2, 0.25) is 0 Å². The van der Waals surface area contributed by atoms with Crippen LogP contribution < -0.4 is 0 Å². The van der Waals surface area contributed by atoms with Gasteiger partial charge in [-0.15, -0.1) is 0 Å². The molecule has 80 valence electrons. The molecule has 1 heterocycles. The van der Waals surface area contributed by atoms with E-state index < -0.39 is 0 Å². The Balaban J connectivity index is 1.75. The molecule has 1 aliphatic carbocycles. The highest BCUT2D eigenvalue weighted by Crippen LogP contribution is 2.28. The van der Waals surface area contributed by atoms with Crippen LogP contribution in [-0.2, 0) is 9.53 Å². The van der Waals surface area contributed by atoms with Crippen LogP contribution in [0.25, 0.3) is 0 Å². The number of rotatable bonds is 3. The molecule has 1 aliphatic heterocycles. The number of ether oxygens (including phenoxy) is 1. The third-order valence-electron chi connectivity index (χ3n) is 3.51. The zero-order valence-electron chi connectivity index (χ0n) is 8.84. The van der Waals surface area contributed by atoms with Crippen molar-refractivity contribution >= 4 is 5.78 Å². The molecule has 1 saturated carbocycles. The lowest BCUT2D eigenvalue weighted by atomic mass is 9.95. The Hall–Kier alpha value is -0.370. The van der Waals surface area contributed by atoms with Gasteiger partial charge in [0, 0.05) is 18.9 Å². The molecule has 1 atom stereocenters. The van der Waals surface area contributed by atoms with Crippen molar-refractivity contribution in [3.8, 4) is 0 Å². The van der Waals surface area contributed by atoms with Gasteiger partial charge >= 0.3 is 0 Å². The third kappa shape index (κ3) is 2.57. The van der Waals surface area contributed by atoms with E-state index in [1.54, 1.807) is 0 Å². The minimum atomic E-state index is 0.247. The van der Waals surface area contributed by atoms with Gasteiger partial charge in [-0.3, -0.25) is 4.79 Å². The maximum atomic E-state index is 11.8. The quantitative estimate of drug-likeness (QED) is 0.693. The van der Waals surface area contributed by atoms with Gasteiger partial charge in [0.1, 0.15) is 5.78 Å². The largest absolute Gasteiger partial charge is 0.378 e. The molecule has 0 aromatic rings. The smallest absolute Gasteiger partial charge is 0.138 e. The summed E-state index contributed by atoms with van der Waals surface area (Å²) in [5.74, 6) is 0.843. The van der Waals surface area contributed by atoms with E-state index >= 15 is 0 Å². The summed E-state index contributed by atoms with van der Waals surface area (Å²) < 4.78 is 5.59. The molecule has 0 aromatic heterocycles. The standard InChI is InChI=1S/C12H20O2/c13-12(10-5-1-2-6-10)9-11-7-3-4-8-14-11/h10-11H,1-9H2. The summed E-state index contributed by atoms with van der Waals surface area (Å²) >= 11 is 0. The molecule has 2 heteroatoms. The molecular weight excluding hydrogens is 176 g/mol. The molecule has 1 saturated heterocycles. The Kier molecular flexibility index (Phi) is 3.57. The second-order valence-electron chi connectivity index (χ2n) is 4.64. The highest BCUT2D eigenvalue weighted by Gasteiger charge is 2.26. The first-order valence-electron chi connectivity index (χ1n) is 6.00. The topological polar surface area (TPSA) is 26.3 Å². The predicted octanol–water partition coefficient (Wildman–Crippen LogP) is 2.70. The van der Waals surface area contributed by atoms with E-state index in [0.717, 1.165) is 25.9 Å². The maximum Gasteiger partial charge on any atom is 0.138 e. The highest BCUT2D eigenvalue weighted by atomic mass is 16.5. The minimum Gasteiger partial charge on any atom is -0.378 e. The number of hydrogen-bond acceptors (Lipinski definition) is 2. The van der Waals surface area contributed by atoms with E-state index in [1.165, 1.54) is 25.7 Å². The van der Waals surface area contributed by atoms with Crippen LogP contribution in [0.1, 0.15) is 51.4 Å². The Morgan fingerprint density at radius 1 is 1.07 bits per heavy atom. The van der Waals surface area contributed by atoms with Crippen molar-refractivity contribution in [2.75, 3.05) is 6.61 Å². The minimum absolute atomic E-state index is 0.247. The molecule has 0 aromatic carbocycles. The van der Waals surface area contributed by atoms with E-state index in [2.05, 4.69) is 0 Å². The Labute approximate surface area is 86.0 Å². The molecule has 14 heavy (non-hydrogen) atoms. The van der Waals surface area contributed by atoms with Gasteiger partial charge < -0.3 is 4.74 Å². The van der Waals surface area contributed by atoms with Gasteiger partial charge in [-0.05, 0) is 32.1 Å². The maximum absolute atomic E-state index is 11.8. The average Bonchev–Trinajstić information content (AvgIpc) is 2.72. The Morgan fingerprint density at radius 3 is 2.43 bits per heavy atom. The van der Waals surface area contributed by atoms with Gasteiger partial charge in [0.25, 0.3) is 0 Å². The molecule has 0 spiro atoms. The summed E-state index contributed by atoms with van der Waals surface area (Å²) in [5.41, 5.74) is 0. The number of ketones is 1. The first kappa shape index (κ1) is 10.2. The first-order valence-corrected chi connectivity index (χ1v) is 6.00. The molecule has 2 fully saturated rings. The summed E-state index contributed by atoms with van der Waals surface area (Å²) in [6.45, 7) is 0.864. The van der Waals surface area contributed by atoms with Gasteiger partial charge in [0.05, 0.1) is 6.10 Å². The molecule has 2 nitrogen and oxygen atoms in total. The van der Waals surface area contributed by atoms with Gasteiger partial charge in [-0.1, -0.05) is 12.8 Å². The monoisotopic (exact) mass is 196 g/mol. The Bertz CT molecular complexity index is 188. The normalized spacial score (nSPS) is 29.3. The SMILES string of the molecule is O=C(CC1CCCCO1)C1CCCC1. The van der Waals surface area contributed by atoms with Crippen LogP contribution in [0.5, 0.6) is 0 Å². The molecule has 2 aliphatic rings. The van der Waals surface area contributed by atoms with E-state index in [1.807, 2.05) is 0 Å². The fourth-order valence-corrected chi connectivity index (χ4v) is 2.61. The van der Waals surface area contributed by atoms with Crippen LogP contribution in [0, 0.1) is 5.92 Å². The number of carbonyl (C=O) groups excluding carboxylic acids is 1. The van der Waals surface area contributed by atoms with Crippen molar-refractivity contribution in [2.24, 2.45) is 5.92 Å². The first-order chi connectivity index (χ1) is 6.86. The average molecular weight is 196 g/mol. The zero-order valence-corrected chi connectivity index (χ0v) is 8.84. The summed E-state index contributed by atoms with van der Waals surface area (Å²) in [5, 5.41) is 0. The number of Topliss-reactive ketones (excluding diaryl/α,β-unsaturated/α-hetero) is 1. The fraction of sp³-hybridized carbons (Fsp3) is 0.917. The predicted molar refractivity (Wildman–Crippen MR) is 55.2 cm³/mol. The van der Waals surface area contributed by atoms with Crippen molar-refractivity contribution in [3.05, 3.63) is 0 Å². The molecule has 2 rings (SSSR count). The molecule has 0 amide bonds. The van der Waals surface area contributed by atoms with E-state index in [-0.39, 0.29) is 6.10 Å². The summed E-state index contributed by atoms with van der Waals surface area (Å²) in [4.78, 5) is 11.8. The van der Waals surface area contributed by atoms with E-state index in [4.69, 9.17) is 4.74 Å². The second kappa shape index (κ2) is 4.92. The van der Waals surface area contributed by atoms with Crippen LogP contribution >= 0.6 is 0 Å². The van der Waals surface area contributed by atoms with E-state index in [9.17, 15) is 4.79 Å². The van der Waals surface area contributed by atoms with Gasteiger partial charge in [0.2, 0.25) is 0 Å². The molecule has 0 radical (unpaired) electrons. The van der Waals surface area contributed by atoms with E-state index in [0.29, 0.717) is 18.1 Å². The number of carbonyl (C=O) groups is 1. The van der Waals surface area contributed by atoms with Crippen LogP contribution in [0.3, 0.4) is 0 Å². The lowest BCUT2D eigenvalue weighted by Gasteiger charge is -2.22. The van der Waals surface area contributed by atoms with Gasteiger partial charge in [-0.2, -0.15) is 0 Å². The molecule has 0 bridgehead atoms. The third-order valence-corrected chi connectivity index (χ3v) is 3.51. The van der Waals surface area contributed by atoms with Crippen LogP contribution in [0.4, 0.5) is 0 Å². The van der Waals surface area contributed by atoms with Crippen molar-refractivity contribution in [2.45, 2.75) is 57.5 Å². The Morgan fingerprint density at radius 2 is 1.79 bits per heavy atom.